The van der Waals surface area contributed by atoms with Gasteiger partial charge in [0.05, 0.1) is 22.5 Å². The smallest absolute Gasteiger partial charge is 0.243 e. The molecule has 0 spiro atoms. The normalized spacial score (nSPS) is 12.0. The first-order valence-electron chi connectivity index (χ1n) is 18.7. The van der Waals surface area contributed by atoms with Crippen LogP contribution in [0.3, 0.4) is 0 Å². The van der Waals surface area contributed by atoms with Gasteiger partial charge in [-0.15, -0.1) is 35.9 Å². The Morgan fingerprint density at radius 3 is 2.12 bits per heavy atom. The summed E-state index contributed by atoms with van der Waals surface area (Å²) in [6, 6.07) is 42.8. The molecule has 0 bridgehead atoms. The number of pyridine rings is 3. The van der Waals surface area contributed by atoms with E-state index in [2.05, 4.69) is 130 Å². The number of carbonyl (C=O) groups excluding carboxylic acids is 1. The fourth-order valence-corrected chi connectivity index (χ4v) is 6.89. The number of benzene rings is 3. The van der Waals surface area contributed by atoms with Gasteiger partial charge in [0.2, 0.25) is 24.7 Å². The fourth-order valence-electron chi connectivity index (χ4n) is 6.89. The van der Waals surface area contributed by atoms with Crippen molar-refractivity contribution in [2.45, 2.75) is 60.3 Å². The van der Waals surface area contributed by atoms with Gasteiger partial charge in [0.25, 0.3) is 0 Å². The predicted octanol–water partition coefficient (Wildman–Crippen LogP) is 8.81. The second-order valence-corrected chi connectivity index (χ2v) is 14.9. The van der Waals surface area contributed by atoms with Gasteiger partial charge >= 0.3 is 0 Å². The Hall–Kier alpha value is -6.05. The molecule has 57 heavy (non-hydrogen) atoms. The van der Waals surface area contributed by atoms with Crippen molar-refractivity contribution in [3.63, 3.8) is 0 Å². The average Bonchev–Trinajstić information content (AvgIpc) is 3.94. The molecule has 7 heterocycles. The average molecular weight is 936 g/mol. The van der Waals surface area contributed by atoms with E-state index in [0.29, 0.717) is 0 Å². The Morgan fingerprint density at radius 1 is 0.772 bits per heavy atom. The van der Waals surface area contributed by atoms with Gasteiger partial charge in [-0.2, -0.15) is 28.7 Å². The number of allylic oxidation sites excluding steroid dienone is 2. The Labute approximate surface area is 347 Å². The minimum Gasteiger partial charge on any atom is -0.512 e. The van der Waals surface area contributed by atoms with E-state index in [0.717, 1.165) is 36.0 Å². The number of nitrogens with zero attached hydrogens (tertiary/aromatic N) is 7. The van der Waals surface area contributed by atoms with Gasteiger partial charge in [0.1, 0.15) is 11.4 Å². The summed E-state index contributed by atoms with van der Waals surface area (Å²) in [5, 5.41) is 22.5. The number of aliphatic hydroxyl groups is 1. The summed E-state index contributed by atoms with van der Waals surface area (Å²) >= 11 is 0. The minimum absolute atomic E-state index is 0. The van der Waals surface area contributed by atoms with Crippen molar-refractivity contribution in [2.75, 3.05) is 0 Å². The number of hydrogen-bond acceptors (Lipinski definition) is 5. The summed E-state index contributed by atoms with van der Waals surface area (Å²) in [4.78, 5) is 14.5. The molecule has 0 amide bonds. The molecule has 290 valence electrons. The molecule has 0 radical (unpaired) electrons. The maximum absolute atomic E-state index is 10.0. The van der Waals surface area contributed by atoms with E-state index in [9.17, 15) is 4.79 Å². The zero-order valence-corrected chi connectivity index (χ0v) is 35.3. The molecule has 0 fully saturated rings. The van der Waals surface area contributed by atoms with E-state index in [1.165, 1.54) is 64.2 Å². The summed E-state index contributed by atoms with van der Waals surface area (Å²) in [6.07, 6.45) is 7.25. The number of aliphatic hydroxyl groups excluding tert-OH is 1. The predicted molar refractivity (Wildman–Crippen MR) is 221 cm³/mol. The zero-order chi connectivity index (χ0) is 39.4. The number of aryl methyl sites for hydroxylation is 1. The third-order valence-corrected chi connectivity index (χ3v) is 9.46. The molecule has 5 aromatic heterocycles. The Bertz CT molecular complexity index is 2700. The summed E-state index contributed by atoms with van der Waals surface area (Å²) in [7, 11) is 0. The monoisotopic (exact) mass is 935 g/mol. The van der Waals surface area contributed by atoms with Crippen LogP contribution in [-0.4, -0.2) is 35.4 Å². The van der Waals surface area contributed by atoms with Crippen LogP contribution in [-0.2, 0) is 44.6 Å². The van der Waals surface area contributed by atoms with Crippen LogP contribution < -0.4 is 9.13 Å². The molecule has 8 aromatic rings. The first-order valence-corrected chi connectivity index (χ1v) is 18.7. The number of hydrogen-bond donors (Lipinski definition) is 1. The van der Waals surface area contributed by atoms with Crippen LogP contribution in [0.1, 0.15) is 46.0 Å². The first-order chi connectivity index (χ1) is 27.0. The van der Waals surface area contributed by atoms with Gasteiger partial charge < -0.3 is 10.1 Å². The Balaban J connectivity index is 0.000000135. The van der Waals surface area contributed by atoms with E-state index < -0.39 is 0 Å². The molecular formula is C47H46N7O2Pt+. The quantitative estimate of drug-likeness (QED) is 0.0810. The van der Waals surface area contributed by atoms with Crippen molar-refractivity contribution >= 4 is 27.3 Å². The molecule has 3 aromatic carbocycles. The van der Waals surface area contributed by atoms with Crippen LogP contribution in [0, 0.1) is 13.0 Å². The summed E-state index contributed by atoms with van der Waals surface area (Å²) < 4.78 is 8.62. The zero-order valence-electron chi connectivity index (χ0n) is 33.0. The molecule has 10 heteroatoms. The third-order valence-electron chi connectivity index (χ3n) is 9.46. The van der Waals surface area contributed by atoms with Gasteiger partial charge in [-0.3, -0.25) is 4.79 Å². The molecule has 0 unspecified atom stereocenters. The topological polar surface area (TPSA) is 93.6 Å². The molecule has 2 aliphatic heterocycles. The van der Waals surface area contributed by atoms with Crippen molar-refractivity contribution < 1.29 is 40.1 Å². The standard InChI is InChI=1S/C17H18N3.C15H10N.C10H10N3.C5H8O2.Pt/c1-17(2,3)15-10-14-16-13-7-5-4-6-12(13)8-9-19(16)11-20(14)18-15;1-2-7-13(8-3-1)15-14-9-5-4-6-12(14)10-11-16-15;1-8-6-10-9-4-2-3-5-12(9)7-13(10)11-8;1-4(6)3-5(2)7;/h4-10H,11H2,1-3H3;1-7,9-11H;2-6H,7H2,1H3;3,6H,1-2H3;/q+1;-1;+1;;. The number of carbonyl (C=O) groups is 1. The maximum Gasteiger partial charge on any atom is 0.243 e. The molecule has 9 nitrogen and oxygen atoms in total. The van der Waals surface area contributed by atoms with Crippen LogP contribution in [0.5, 0.6) is 0 Å². The summed E-state index contributed by atoms with van der Waals surface area (Å²) in [5.74, 6) is -0.0625. The molecule has 2 aliphatic rings. The molecule has 0 atom stereocenters. The second-order valence-electron chi connectivity index (χ2n) is 14.9. The molecule has 1 N–H and O–H groups in total. The first kappa shape index (κ1) is 40.6. The van der Waals surface area contributed by atoms with Crippen molar-refractivity contribution in [3.05, 3.63) is 163 Å². The summed E-state index contributed by atoms with van der Waals surface area (Å²) in [5.41, 5.74) is 9.36. The number of aromatic nitrogens is 7. The van der Waals surface area contributed by atoms with Crippen LogP contribution in [0.4, 0.5) is 0 Å². The van der Waals surface area contributed by atoms with Crippen molar-refractivity contribution in [1.29, 1.82) is 0 Å². The van der Waals surface area contributed by atoms with Gasteiger partial charge in [-0.1, -0.05) is 63.2 Å². The third kappa shape index (κ3) is 9.16. The summed E-state index contributed by atoms with van der Waals surface area (Å²) in [6.45, 7) is 13.2. The molecule has 0 saturated heterocycles. The van der Waals surface area contributed by atoms with E-state index in [-0.39, 0.29) is 38.0 Å². The van der Waals surface area contributed by atoms with Gasteiger partial charge in [-0.05, 0) is 73.0 Å². The molecule has 10 rings (SSSR count). The SMILES string of the molecule is CC(=O)C=C(C)O.CC(C)(C)c1cc2n(n1)C[n+]1ccc3ccccc3c1-2.Cc1cc2n(n1)C[n+]1ccccc1-2.[Pt].[c-]1ccccc1-c1nccc2ccccc12. The molecular weight excluding hydrogens is 890 g/mol. The molecule has 0 aliphatic carbocycles. The minimum atomic E-state index is -0.125. The molecule has 0 saturated carbocycles. The van der Waals surface area contributed by atoms with Gasteiger partial charge in [0, 0.05) is 57.0 Å². The Morgan fingerprint density at radius 2 is 1.44 bits per heavy atom. The fraction of sp³-hybridized carbons (Fsp3) is 0.191. The maximum atomic E-state index is 10.0. The van der Waals surface area contributed by atoms with E-state index in [1.54, 1.807) is 0 Å². The number of fused-ring (bicyclic) bond motifs is 9. The van der Waals surface area contributed by atoms with Crippen LogP contribution in [0.25, 0.3) is 55.6 Å². The van der Waals surface area contributed by atoms with E-state index >= 15 is 0 Å². The largest absolute Gasteiger partial charge is 0.512 e. The number of ketones is 1. The van der Waals surface area contributed by atoms with Crippen molar-refractivity contribution in [3.8, 4) is 34.0 Å². The van der Waals surface area contributed by atoms with Gasteiger partial charge in [-0.25, -0.2) is 0 Å². The van der Waals surface area contributed by atoms with Gasteiger partial charge in [0.15, 0.2) is 18.2 Å². The van der Waals surface area contributed by atoms with E-state index in [4.69, 9.17) is 10.2 Å². The van der Waals surface area contributed by atoms with Crippen LogP contribution >= 0.6 is 0 Å². The van der Waals surface area contributed by atoms with E-state index in [1.807, 2.05) is 66.3 Å². The van der Waals surface area contributed by atoms with Crippen LogP contribution in [0.2, 0.25) is 0 Å². The van der Waals surface area contributed by atoms with Crippen molar-refractivity contribution in [1.82, 2.24) is 24.5 Å². The van der Waals surface area contributed by atoms with Crippen molar-refractivity contribution in [2.24, 2.45) is 0 Å². The van der Waals surface area contributed by atoms with Crippen LogP contribution in [0.15, 0.2) is 146 Å². The second kappa shape index (κ2) is 17.4. The number of rotatable bonds is 2. The Kier molecular flexibility index (Phi) is 12.4.